The molecule has 0 aromatic rings. The van der Waals surface area contributed by atoms with Crippen molar-refractivity contribution in [3.05, 3.63) is 109 Å². The Labute approximate surface area is 389 Å². The van der Waals surface area contributed by atoms with Crippen LogP contribution in [-0.2, 0) is 19.1 Å². The van der Waals surface area contributed by atoms with Crippen LogP contribution in [0.3, 0.4) is 0 Å². The third-order valence-corrected chi connectivity index (χ3v) is 10.8. The van der Waals surface area contributed by atoms with Crippen molar-refractivity contribution < 1.29 is 24.2 Å². The summed E-state index contributed by atoms with van der Waals surface area (Å²) in [5, 5.41) is 9.62. The maximum Gasteiger partial charge on any atom is 0.306 e. The average molecular weight is 873 g/mol. The van der Waals surface area contributed by atoms with Gasteiger partial charge in [0.05, 0.1) is 6.61 Å². The second kappa shape index (κ2) is 52.9. The molecule has 0 aliphatic heterocycles. The van der Waals surface area contributed by atoms with E-state index < -0.39 is 6.10 Å². The number of carbonyl (C=O) groups excluding carboxylic acids is 2. The number of aliphatic hydroxyl groups is 1. The molecule has 0 rings (SSSR count). The van der Waals surface area contributed by atoms with Gasteiger partial charge in [0.1, 0.15) is 6.61 Å². The maximum atomic E-state index is 12.3. The van der Waals surface area contributed by atoms with Gasteiger partial charge in [-0.2, -0.15) is 0 Å². The van der Waals surface area contributed by atoms with Crippen LogP contribution >= 0.6 is 0 Å². The fourth-order valence-electron chi connectivity index (χ4n) is 6.92. The van der Waals surface area contributed by atoms with Crippen molar-refractivity contribution in [2.24, 2.45) is 0 Å². The van der Waals surface area contributed by atoms with E-state index in [9.17, 15) is 14.7 Å². The van der Waals surface area contributed by atoms with Crippen molar-refractivity contribution >= 4 is 11.9 Å². The quantitative estimate of drug-likeness (QED) is 0.0375. The summed E-state index contributed by atoms with van der Waals surface area (Å²) in [6, 6.07) is 0. The lowest BCUT2D eigenvalue weighted by Crippen LogP contribution is -2.28. The van der Waals surface area contributed by atoms with E-state index in [2.05, 4.69) is 123 Å². The molecule has 0 radical (unpaired) electrons. The van der Waals surface area contributed by atoms with Crippen molar-refractivity contribution in [1.29, 1.82) is 0 Å². The lowest BCUT2D eigenvalue weighted by molar-refractivity contribution is -0.161. The van der Waals surface area contributed by atoms with Gasteiger partial charge < -0.3 is 14.6 Å². The van der Waals surface area contributed by atoms with Gasteiger partial charge in [-0.15, -0.1) is 0 Å². The largest absolute Gasteiger partial charge is 0.462 e. The second-order valence-electron chi connectivity index (χ2n) is 16.9. The van der Waals surface area contributed by atoms with Crippen molar-refractivity contribution in [2.75, 3.05) is 13.2 Å². The minimum atomic E-state index is -0.786. The predicted molar refractivity (Wildman–Crippen MR) is 274 cm³/mol. The number of allylic oxidation sites excluding steroid dienone is 18. The standard InChI is InChI=1S/C58H96O5/c1-3-5-7-9-11-13-15-17-19-21-22-23-24-25-26-27-28-29-30-31-32-33-34-35-36-37-39-41-43-45-47-49-51-53-58(61)63-56(54-59)55-62-57(60)52-50-48-46-44-42-40-38-20-18-16-14-12-10-8-6-4-2/h5,7,11,13-14,16-17,19-20,22-23,25-26,28-29,31-32,38,56,59H,3-4,6,8-10,12,15,18,21,24,27,30,33-37,39-55H2,1-2H3/b7-5-,13-11-,16-14-,19-17-,23-22-,26-25-,29-28-,32-31-,38-20-. The molecule has 0 fully saturated rings. The highest BCUT2D eigenvalue weighted by molar-refractivity contribution is 5.70. The monoisotopic (exact) mass is 873 g/mol. The Morgan fingerprint density at radius 3 is 1.03 bits per heavy atom. The maximum absolute atomic E-state index is 12.3. The van der Waals surface area contributed by atoms with Crippen molar-refractivity contribution in [2.45, 2.75) is 232 Å². The summed E-state index contributed by atoms with van der Waals surface area (Å²) in [5.74, 6) is -0.614. The van der Waals surface area contributed by atoms with Crippen LogP contribution in [0.15, 0.2) is 109 Å². The van der Waals surface area contributed by atoms with E-state index in [0.29, 0.717) is 12.8 Å². The molecule has 0 aromatic heterocycles. The molecule has 0 saturated heterocycles. The topological polar surface area (TPSA) is 72.8 Å². The highest BCUT2D eigenvalue weighted by Crippen LogP contribution is 2.14. The smallest absolute Gasteiger partial charge is 0.306 e. The number of ether oxygens (including phenoxy) is 2. The summed E-state index contributed by atoms with van der Waals surface area (Å²) in [4.78, 5) is 24.4. The molecule has 0 bridgehead atoms. The zero-order valence-electron chi connectivity index (χ0n) is 40.8. The van der Waals surface area contributed by atoms with E-state index in [1.165, 1.54) is 103 Å². The highest BCUT2D eigenvalue weighted by Gasteiger charge is 2.16. The number of carbonyl (C=O) groups is 2. The first kappa shape index (κ1) is 59.6. The van der Waals surface area contributed by atoms with Crippen LogP contribution in [0.5, 0.6) is 0 Å². The van der Waals surface area contributed by atoms with Crippen molar-refractivity contribution in [1.82, 2.24) is 0 Å². The van der Waals surface area contributed by atoms with Crippen LogP contribution in [0.1, 0.15) is 226 Å². The minimum Gasteiger partial charge on any atom is -0.462 e. The molecule has 63 heavy (non-hydrogen) atoms. The third-order valence-electron chi connectivity index (χ3n) is 10.8. The Bertz CT molecular complexity index is 1260. The first-order chi connectivity index (χ1) is 31.1. The van der Waals surface area contributed by atoms with Gasteiger partial charge in [-0.05, 0) is 103 Å². The van der Waals surface area contributed by atoms with Gasteiger partial charge in [0.2, 0.25) is 0 Å². The van der Waals surface area contributed by atoms with E-state index in [4.69, 9.17) is 9.47 Å². The molecule has 0 aliphatic rings. The molecule has 358 valence electrons. The molecule has 5 nitrogen and oxygen atoms in total. The Kier molecular flexibility index (Phi) is 50.0. The fourth-order valence-corrected chi connectivity index (χ4v) is 6.92. The lowest BCUT2D eigenvalue weighted by Gasteiger charge is -2.15. The molecule has 0 amide bonds. The summed E-state index contributed by atoms with van der Waals surface area (Å²) in [5.41, 5.74) is 0. The first-order valence-corrected chi connectivity index (χ1v) is 25.9. The van der Waals surface area contributed by atoms with Crippen LogP contribution in [0.25, 0.3) is 0 Å². The third kappa shape index (κ3) is 51.1. The zero-order chi connectivity index (χ0) is 45.6. The fraction of sp³-hybridized carbons (Fsp3) is 0.655. The molecule has 0 spiro atoms. The summed E-state index contributed by atoms with van der Waals surface area (Å²) in [7, 11) is 0. The molecule has 0 heterocycles. The van der Waals surface area contributed by atoms with Crippen LogP contribution in [-0.4, -0.2) is 36.4 Å². The SMILES string of the molecule is CC/C=C\C/C=C\C/C=C\C/C=C\C/C=C\C/C=C\C/C=C\CCCCCCCCCCCCCC(=O)OC(CO)COC(=O)CCCCCCC/C=C\C/C=C\CCCCCC. The van der Waals surface area contributed by atoms with Crippen molar-refractivity contribution in [3.8, 4) is 0 Å². The molecule has 1 N–H and O–H groups in total. The summed E-state index contributed by atoms with van der Waals surface area (Å²) in [6.45, 7) is 3.99. The number of rotatable bonds is 46. The number of hydrogen-bond acceptors (Lipinski definition) is 5. The number of aliphatic hydroxyl groups excluding tert-OH is 1. The Morgan fingerprint density at radius 1 is 0.381 bits per heavy atom. The van der Waals surface area contributed by atoms with Gasteiger partial charge in [0, 0.05) is 12.8 Å². The Hall–Kier alpha value is -3.44. The molecule has 0 aliphatic carbocycles. The number of esters is 2. The van der Waals surface area contributed by atoms with Gasteiger partial charge >= 0.3 is 11.9 Å². The summed E-state index contributed by atoms with van der Waals surface area (Å²) in [6.07, 6.45) is 76.1. The zero-order valence-corrected chi connectivity index (χ0v) is 40.8. The van der Waals surface area contributed by atoms with Gasteiger partial charge in [-0.1, -0.05) is 220 Å². The predicted octanol–water partition coefficient (Wildman–Crippen LogP) is 17.4. The number of hydrogen-bond donors (Lipinski definition) is 1. The van der Waals surface area contributed by atoms with E-state index in [-0.39, 0.29) is 25.2 Å². The van der Waals surface area contributed by atoms with Gasteiger partial charge in [0.15, 0.2) is 6.10 Å². The van der Waals surface area contributed by atoms with Crippen LogP contribution in [0.2, 0.25) is 0 Å². The second-order valence-corrected chi connectivity index (χ2v) is 16.9. The van der Waals surface area contributed by atoms with E-state index in [1.54, 1.807) is 0 Å². The molecule has 5 heteroatoms. The molecular formula is C58H96O5. The van der Waals surface area contributed by atoms with Crippen LogP contribution in [0, 0.1) is 0 Å². The van der Waals surface area contributed by atoms with E-state index in [0.717, 1.165) is 96.3 Å². The van der Waals surface area contributed by atoms with Crippen molar-refractivity contribution in [3.63, 3.8) is 0 Å². The molecule has 0 saturated carbocycles. The minimum absolute atomic E-state index is 0.0791. The number of unbranched alkanes of at least 4 members (excludes halogenated alkanes) is 20. The average Bonchev–Trinajstić information content (AvgIpc) is 3.29. The summed E-state index contributed by atoms with van der Waals surface area (Å²) < 4.78 is 10.7. The van der Waals surface area contributed by atoms with E-state index in [1.807, 2.05) is 0 Å². The molecule has 1 atom stereocenters. The lowest BCUT2D eigenvalue weighted by atomic mass is 10.0. The van der Waals surface area contributed by atoms with Gasteiger partial charge in [-0.25, -0.2) is 0 Å². The van der Waals surface area contributed by atoms with E-state index >= 15 is 0 Å². The van der Waals surface area contributed by atoms with Crippen LogP contribution in [0.4, 0.5) is 0 Å². The highest BCUT2D eigenvalue weighted by atomic mass is 16.6. The van der Waals surface area contributed by atoms with Gasteiger partial charge in [-0.3, -0.25) is 9.59 Å². The van der Waals surface area contributed by atoms with Crippen LogP contribution < -0.4 is 0 Å². The Balaban J connectivity index is 3.57. The van der Waals surface area contributed by atoms with Gasteiger partial charge in [0.25, 0.3) is 0 Å². The Morgan fingerprint density at radius 2 is 0.683 bits per heavy atom. The first-order valence-electron chi connectivity index (χ1n) is 25.9. The summed E-state index contributed by atoms with van der Waals surface area (Å²) >= 11 is 0. The molecule has 0 aromatic carbocycles. The normalized spacial score (nSPS) is 13.1. The molecular weight excluding hydrogens is 777 g/mol. The molecule has 1 unspecified atom stereocenters.